The molecular weight excluding hydrogens is 490 g/mol. The molecule has 3 atom stereocenters. The lowest BCUT2D eigenvalue weighted by atomic mass is 9.98. The van der Waals surface area contributed by atoms with E-state index in [4.69, 9.17) is 9.47 Å². The molecule has 3 unspecified atom stereocenters. The summed E-state index contributed by atoms with van der Waals surface area (Å²) in [7, 11) is 0. The van der Waals surface area contributed by atoms with Crippen molar-refractivity contribution in [1.82, 2.24) is 16.0 Å². The van der Waals surface area contributed by atoms with E-state index in [9.17, 15) is 24.3 Å². The molecule has 0 spiro atoms. The molecule has 10 heteroatoms. The minimum absolute atomic E-state index is 0.0284. The topological polar surface area (TPSA) is 143 Å². The number of carboxylic acid groups (broad SMARTS) is 1. The van der Waals surface area contributed by atoms with Gasteiger partial charge in [0, 0.05) is 6.54 Å². The number of hydrogen-bond acceptors (Lipinski definition) is 6. The molecule has 0 saturated heterocycles. The molecule has 0 heterocycles. The number of carbonyl (C=O) groups is 4. The highest BCUT2D eigenvalue weighted by Crippen LogP contribution is 2.10. The Morgan fingerprint density at radius 1 is 0.816 bits per heavy atom. The number of aliphatic carboxylic acids is 1. The van der Waals surface area contributed by atoms with Gasteiger partial charge in [-0.1, -0.05) is 80.9 Å². The average molecular weight is 528 g/mol. The van der Waals surface area contributed by atoms with E-state index in [0.29, 0.717) is 25.8 Å². The van der Waals surface area contributed by atoms with Gasteiger partial charge in [0.15, 0.2) is 0 Å². The fourth-order valence-corrected chi connectivity index (χ4v) is 3.55. The predicted molar refractivity (Wildman–Crippen MR) is 141 cm³/mol. The standard InChI is InChI=1S/C28H37N3O7/c1-3-20(2)24(26(33)34)31-25(32)23(30-28(36)38-19-22-14-8-5-9-15-22)16-10-11-17-29-27(35)37-18-21-12-6-4-7-13-21/h4-9,12-15,20,23-24H,3,10-11,16-19H2,1-2H3,(H,29,35)(H,30,36)(H,31,32)(H,33,34). The normalized spacial score (nSPS) is 12.9. The first-order chi connectivity index (χ1) is 18.3. The summed E-state index contributed by atoms with van der Waals surface area (Å²) in [6.45, 7) is 4.07. The summed E-state index contributed by atoms with van der Waals surface area (Å²) in [5, 5.41) is 17.3. The van der Waals surface area contributed by atoms with E-state index in [2.05, 4.69) is 16.0 Å². The number of carbonyl (C=O) groups excluding carboxylic acids is 3. The lowest BCUT2D eigenvalue weighted by Gasteiger charge is -2.24. The fraction of sp³-hybridized carbons (Fsp3) is 0.429. The van der Waals surface area contributed by atoms with Crippen molar-refractivity contribution in [2.24, 2.45) is 5.92 Å². The molecule has 0 fully saturated rings. The van der Waals surface area contributed by atoms with E-state index in [1.165, 1.54) is 0 Å². The van der Waals surface area contributed by atoms with Gasteiger partial charge in [0.25, 0.3) is 0 Å². The van der Waals surface area contributed by atoms with Gasteiger partial charge in [-0.15, -0.1) is 0 Å². The van der Waals surface area contributed by atoms with Crippen molar-refractivity contribution in [3.8, 4) is 0 Å². The second kappa shape index (κ2) is 16.6. The van der Waals surface area contributed by atoms with Crippen molar-refractivity contribution in [3.05, 3.63) is 71.8 Å². The van der Waals surface area contributed by atoms with Crippen molar-refractivity contribution in [2.45, 2.75) is 64.8 Å². The van der Waals surface area contributed by atoms with Crippen LogP contribution in [0.15, 0.2) is 60.7 Å². The summed E-state index contributed by atoms with van der Waals surface area (Å²) in [5.74, 6) is -2.05. The molecule has 0 aliphatic rings. The number of amides is 3. The van der Waals surface area contributed by atoms with Crippen LogP contribution in [0.4, 0.5) is 9.59 Å². The van der Waals surface area contributed by atoms with E-state index in [0.717, 1.165) is 11.1 Å². The zero-order chi connectivity index (χ0) is 27.8. The van der Waals surface area contributed by atoms with Crippen LogP contribution < -0.4 is 16.0 Å². The maximum atomic E-state index is 12.9. The van der Waals surface area contributed by atoms with Gasteiger partial charge in [0.05, 0.1) is 0 Å². The Hall–Kier alpha value is -4.08. The molecule has 0 radical (unpaired) electrons. The molecule has 0 aliphatic carbocycles. The third-order valence-electron chi connectivity index (χ3n) is 6.00. The summed E-state index contributed by atoms with van der Waals surface area (Å²) in [6.07, 6.45) is 0.423. The van der Waals surface area contributed by atoms with Crippen LogP contribution in [0.3, 0.4) is 0 Å². The van der Waals surface area contributed by atoms with Gasteiger partial charge in [-0.25, -0.2) is 14.4 Å². The number of ether oxygens (including phenoxy) is 2. The van der Waals surface area contributed by atoms with Crippen molar-refractivity contribution in [1.29, 1.82) is 0 Å². The highest BCUT2D eigenvalue weighted by atomic mass is 16.6. The monoisotopic (exact) mass is 527 g/mol. The molecule has 0 aliphatic heterocycles. The van der Waals surface area contributed by atoms with E-state index >= 15 is 0 Å². The van der Waals surface area contributed by atoms with E-state index in [1.54, 1.807) is 19.1 Å². The molecule has 10 nitrogen and oxygen atoms in total. The number of rotatable bonds is 15. The van der Waals surface area contributed by atoms with Gasteiger partial charge in [-0.3, -0.25) is 4.79 Å². The van der Waals surface area contributed by atoms with Crippen LogP contribution in [0, 0.1) is 5.92 Å². The van der Waals surface area contributed by atoms with Crippen LogP contribution in [0.2, 0.25) is 0 Å². The Morgan fingerprint density at radius 3 is 1.89 bits per heavy atom. The van der Waals surface area contributed by atoms with Crippen molar-refractivity contribution >= 4 is 24.1 Å². The molecule has 2 rings (SSSR count). The minimum atomic E-state index is -1.14. The molecule has 2 aromatic rings. The van der Waals surface area contributed by atoms with Crippen molar-refractivity contribution in [3.63, 3.8) is 0 Å². The zero-order valence-corrected chi connectivity index (χ0v) is 21.9. The predicted octanol–water partition coefficient (Wildman–Crippen LogP) is 3.99. The van der Waals surface area contributed by atoms with Gasteiger partial charge < -0.3 is 30.5 Å². The Morgan fingerprint density at radius 2 is 1.37 bits per heavy atom. The Balaban J connectivity index is 1.85. The van der Waals surface area contributed by atoms with Crippen LogP contribution in [-0.4, -0.2) is 47.8 Å². The summed E-state index contributed by atoms with van der Waals surface area (Å²) >= 11 is 0. The van der Waals surface area contributed by atoms with Crippen LogP contribution in [0.25, 0.3) is 0 Å². The van der Waals surface area contributed by atoms with E-state index < -0.39 is 36.1 Å². The highest BCUT2D eigenvalue weighted by molar-refractivity contribution is 5.89. The lowest BCUT2D eigenvalue weighted by molar-refractivity contribution is -0.143. The number of unbranched alkanes of at least 4 members (excludes halogenated alkanes) is 1. The van der Waals surface area contributed by atoms with Crippen LogP contribution in [0.5, 0.6) is 0 Å². The van der Waals surface area contributed by atoms with Gasteiger partial charge in [0.2, 0.25) is 5.91 Å². The Kier molecular flexibility index (Phi) is 13.2. The second-order valence-corrected chi connectivity index (χ2v) is 8.95. The van der Waals surface area contributed by atoms with Gasteiger partial charge in [-0.2, -0.15) is 0 Å². The lowest BCUT2D eigenvalue weighted by Crippen LogP contribution is -2.53. The summed E-state index contributed by atoms with van der Waals surface area (Å²) in [5.41, 5.74) is 1.66. The minimum Gasteiger partial charge on any atom is -0.480 e. The first-order valence-corrected chi connectivity index (χ1v) is 12.7. The maximum Gasteiger partial charge on any atom is 0.408 e. The third kappa shape index (κ3) is 11.3. The molecule has 0 bridgehead atoms. The number of nitrogens with one attached hydrogen (secondary N) is 3. The van der Waals surface area contributed by atoms with Crippen molar-refractivity contribution < 1.29 is 33.8 Å². The van der Waals surface area contributed by atoms with Gasteiger partial charge in [0.1, 0.15) is 25.3 Å². The Labute approximate surface area is 223 Å². The Bertz CT molecular complexity index is 1020. The molecule has 2 aromatic carbocycles. The van der Waals surface area contributed by atoms with Crippen LogP contribution in [0.1, 0.15) is 50.7 Å². The molecule has 0 aromatic heterocycles. The number of hydrogen-bond donors (Lipinski definition) is 4. The molecule has 4 N–H and O–H groups in total. The van der Waals surface area contributed by atoms with E-state index in [-0.39, 0.29) is 25.6 Å². The molecular formula is C28H37N3O7. The third-order valence-corrected chi connectivity index (χ3v) is 6.00. The summed E-state index contributed by atoms with van der Waals surface area (Å²) in [4.78, 5) is 48.9. The largest absolute Gasteiger partial charge is 0.480 e. The highest BCUT2D eigenvalue weighted by Gasteiger charge is 2.29. The second-order valence-electron chi connectivity index (χ2n) is 8.95. The number of benzene rings is 2. The molecule has 38 heavy (non-hydrogen) atoms. The maximum absolute atomic E-state index is 12.9. The van der Waals surface area contributed by atoms with Crippen molar-refractivity contribution in [2.75, 3.05) is 6.54 Å². The smallest absolute Gasteiger partial charge is 0.408 e. The van der Waals surface area contributed by atoms with E-state index in [1.807, 2.05) is 55.5 Å². The summed E-state index contributed by atoms with van der Waals surface area (Å²) in [6, 6.07) is 16.3. The quantitative estimate of drug-likeness (QED) is 0.256. The number of alkyl carbamates (subject to hydrolysis) is 2. The summed E-state index contributed by atoms with van der Waals surface area (Å²) < 4.78 is 10.4. The number of carboxylic acids is 1. The first-order valence-electron chi connectivity index (χ1n) is 12.7. The SMILES string of the molecule is CCC(C)C(NC(=O)C(CCCCNC(=O)OCc1ccccc1)NC(=O)OCc1ccccc1)C(=O)O. The van der Waals surface area contributed by atoms with Gasteiger partial charge in [-0.05, 0) is 36.3 Å². The first kappa shape index (κ1) is 30.1. The zero-order valence-electron chi connectivity index (χ0n) is 21.9. The average Bonchev–Trinajstić information content (AvgIpc) is 2.93. The van der Waals surface area contributed by atoms with Gasteiger partial charge >= 0.3 is 18.2 Å². The van der Waals surface area contributed by atoms with Crippen LogP contribution >= 0.6 is 0 Å². The fourth-order valence-electron chi connectivity index (χ4n) is 3.55. The van der Waals surface area contributed by atoms with Crippen LogP contribution in [-0.2, 0) is 32.3 Å². The molecule has 206 valence electrons. The molecule has 0 saturated carbocycles. The molecule has 3 amide bonds.